The van der Waals surface area contributed by atoms with Crippen LogP contribution in [0.5, 0.6) is 0 Å². The van der Waals surface area contributed by atoms with Gasteiger partial charge in [-0.25, -0.2) is 8.78 Å². The molecule has 16 heavy (non-hydrogen) atoms. The summed E-state index contributed by atoms with van der Waals surface area (Å²) in [7, 11) is 0. The average Bonchev–Trinajstić information content (AvgIpc) is 2.58. The van der Waals surface area contributed by atoms with Gasteiger partial charge >= 0.3 is 0 Å². The molecule has 2 nitrogen and oxygen atoms in total. The van der Waals surface area contributed by atoms with Gasteiger partial charge in [-0.15, -0.1) is 11.3 Å². The maximum atomic E-state index is 11.7. The number of nitrogens with two attached hydrogens (primary N) is 1. The summed E-state index contributed by atoms with van der Waals surface area (Å²) in [5.41, 5.74) is 5.86. The normalized spacial score (nSPS) is 13.3. The number of alkyl halides is 2. The molecule has 1 rings (SSSR count). The number of thiophene rings is 1. The van der Waals surface area contributed by atoms with Gasteiger partial charge in [0.05, 0.1) is 3.79 Å². The fraction of sp³-hybridized carbons (Fsp3) is 0.600. The molecule has 0 amide bonds. The van der Waals surface area contributed by atoms with Gasteiger partial charge in [0.25, 0.3) is 6.43 Å². The zero-order valence-electron chi connectivity index (χ0n) is 8.67. The minimum atomic E-state index is -2.40. The molecule has 1 atom stereocenters. The summed E-state index contributed by atoms with van der Waals surface area (Å²) in [4.78, 5) is 1.19. The van der Waals surface area contributed by atoms with E-state index in [0.29, 0.717) is 6.42 Å². The molecule has 2 N–H and O–H groups in total. The standard InChI is InChI=1S/C10H14BrF2NOS/c11-9-2-1-8(16-9)5-7(14)3-4-15-6-10(12)13/h1-2,7,10H,3-6,14H2. The maximum absolute atomic E-state index is 11.7. The van der Waals surface area contributed by atoms with Crippen molar-refractivity contribution < 1.29 is 13.5 Å². The molecule has 0 aromatic carbocycles. The molecule has 0 bridgehead atoms. The van der Waals surface area contributed by atoms with Crippen molar-refractivity contribution in [2.24, 2.45) is 5.73 Å². The van der Waals surface area contributed by atoms with Crippen LogP contribution in [0.15, 0.2) is 15.9 Å². The van der Waals surface area contributed by atoms with Gasteiger partial charge in [0.15, 0.2) is 0 Å². The van der Waals surface area contributed by atoms with E-state index in [0.717, 1.165) is 10.2 Å². The lowest BCUT2D eigenvalue weighted by molar-refractivity contribution is 0.0153. The summed E-state index contributed by atoms with van der Waals surface area (Å²) in [6, 6.07) is 3.94. The third kappa shape index (κ3) is 5.89. The Morgan fingerprint density at radius 2 is 2.19 bits per heavy atom. The zero-order chi connectivity index (χ0) is 12.0. The molecule has 0 saturated heterocycles. The van der Waals surface area contributed by atoms with Gasteiger partial charge in [-0.1, -0.05) is 0 Å². The average molecular weight is 314 g/mol. The Morgan fingerprint density at radius 1 is 1.44 bits per heavy atom. The highest BCUT2D eigenvalue weighted by Crippen LogP contribution is 2.23. The zero-order valence-corrected chi connectivity index (χ0v) is 11.1. The van der Waals surface area contributed by atoms with Crippen LogP contribution < -0.4 is 5.73 Å². The molecule has 1 unspecified atom stereocenters. The van der Waals surface area contributed by atoms with E-state index in [-0.39, 0.29) is 12.6 Å². The van der Waals surface area contributed by atoms with Crippen LogP contribution >= 0.6 is 27.3 Å². The van der Waals surface area contributed by atoms with Gasteiger partial charge < -0.3 is 10.5 Å². The minimum absolute atomic E-state index is 0.0387. The highest BCUT2D eigenvalue weighted by molar-refractivity contribution is 9.11. The Hall–Kier alpha value is -0.0400. The fourth-order valence-electron chi connectivity index (χ4n) is 1.23. The Morgan fingerprint density at radius 3 is 2.75 bits per heavy atom. The number of hydrogen-bond donors (Lipinski definition) is 1. The van der Waals surface area contributed by atoms with E-state index < -0.39 is 13.0 Å². The summed E-state index contributed by atoms with van der Waals surface area (Å²) in [6.45, 7) is -0.213. The molecule has 0 aliphatic rings. The van der Waals surface area contributed by atoms with Gasteiger partial charge in [0, 0.05) is 17.5 Å². The third-order valence-corrected chi connectivity index (χ3v) is 3.62. The van der Waals surface area contributed by atoms with E-state index in [2.05, 4.69) is 15.9 Å². The summed E-state index contributed by atoms with van der Waals surface area (Å²) < 4.78 is 29.3. The smallest absolute Gasteiger partial charge is 0.261 e. The van der Waals surface area contributed by atoms with Crippen LogP contribution in [0.1, 0.15) is 11.3 Å². The largest absolute Gasteiger partial charge is 0.375 e. The lowest BCUT2D eigenvalue weighted by Crippen LogP contribution is -2.24. The quantitative estimate of drug-likeness (QED) is 0.785. The van der Waals surface area contributed by atoms with Gasteiger partial charge in [-0.05, 0) is 40.9 Å². The molecule has 1 aromatic heterocycles. The molecule has 6 heteroatoms. The second-order valence-corrected chi connectivity index (χ2v) is 5.97. The van der Waals surface area contributed by atoms with Gasteiger partial charge in [-0.2, -0.15) is 0 Å². The number of ether oxygens (including phenoxy) is 1. The third-order valence-electron chi connectivity index (χ3n) is 1.97. The molecular formula is C10H14BrF2NOS. The SMILES string of the molecule is NC(CCOCC(F)F)Cc1ccc(Br)s1. The van der Waals surface area contributed by atoms with Crippen molar-refractivity contribution in [1.82, 2.24) is 0 Å². The highest BCUT2D eigenvalue weighted by atomic mass is 79.9. The summed E-state index contributed by atoms with van der Waals surface area (Å²) >= 11 is 5.01. The van der Waals surface area contributed by atoms with Crippen LogP contribution in [0, 0.1) is 0 Å². The van der Waals surface area contributed by atoms with Crippen molar-refractivity contribution in [1.29, 1.82) is 0 Å². The molecule has 0 saturated carbocycles. The second-order valence-electron chi connectivity index (χ2n) is 3.42. The van der Waals surface area contributed by atoms with E-state index in [1.54, 1.807) is 11.3 Å². The first kappa shape index (κ1) is 14.0. The molecule has 0 spiro atoms. The molecule has 1 heterocycles. The van der Waals surface area contributed by atoms with Crippen LogP contribution in [-0.4, -0.2) is 25.7 Å². The van der Waals surface area contributed by atoms with Crippen molar-refractivity contribution in [3.8, 4) is 0 Å². The van der Waals surface area contributed by atoms with E-state index in [1.807, 2.05) is 12.1 Å². The second kappa shape index (κ2) is 7.32. The lowest BCUT2D eigenvalue weighted by atomic mass is 10.1. The number of hydrogen-bond acceptors (Lipinski definition) is 3. The number of rotatable bonds is 7. The van der Waals surface area contributed by atoms with Crippen molar-refractivity contribution in [2.45, 2.75) is 25.3 Å². The molecular weight excluding hydrogens is 300 g/mol. The van der Waals surface area contributed by atoms with Gasteiger partial charge in [-0.3, -0.25) is 0 Å². The van der Waals surface area contributed by atoms with E-state index in [4.69, 9.17) is 10.5 Å². The van der Waals surface area contributed by atoms with Crippen LogP contribution in [-0.2, 0) is 11.2 Å². The lowest BCUT2D eigenvalue weighted by Gasteiger charge is -2.10. The minimum Gasteiger partial charge on any atom is -0.375 e. The first-order valence-electron chi connectivity index (χ1n) is 4.93. The summed E-state index contributed by atoms with van der Waals surface area (Å²) in [5.74, 6) is 0. The first-order valence-corrected chi connectivity index (χ1v) is 6.54. The van der Waals surface area contributed by atoms with Crippen molar-refractivity contribution in [3.63, 3.8) is 0 Å². The van der Waals surface area contributed by atoms with E-state index >= 15 is 0 Å². The van der Waals surface area contributed by atoms with Crippen molar-refractivity contribution in [2.75, 3.05) is 13.2 Å². The summed E-state index contributed by atoms with van der Waals surface area (Å²) in [6.07, 6.45) is -1.04. The summed E-state index contributed by atoms with van der Waals surface area (Å²) in [5, 5.41) is 0. The van der Waals surface area contributed by atoms with Gasteiger partial charge in [0.2, 0.25) is 0 Å². The monoisotopic (exact) mass is 313 g/mol. The van der Waals surface area contributed by atoms with Crippen LogP contribution in [0.3, 0.4) is 0 Å². The Kier molecular flexibility index (Phi) is 6.41. The maximum Gasteiger partial charge on any atom is 0.261 e. The molecule has 0 aliphatic carbocycles. The fourth-order valence-corrected chi connectivity index (χ4v) is 2.81. The highest BCUT2D eigenvalue weighted by Gasteiger charge is 2.07. The van der Waals surface area contributed by atoms with Crippen molar-refractivity contribution >= 4 is 27.3 Å². The Labute approximate surface area is 106 Å². The first-order chi connectivity index (χ1) is 7.58. The predicted molar refractivity (Wildman–Crippen MR) is 65.1 cm³/mol. The molecule has 0 radical (unpaired) electrons. The topological polar surface area (TPSA) is 35.2 Å². The predicted octanol–water partition coefficient (Wildman–Crippen LogP) is 3.05. The van der Waals surface area contributed by atoms with Crippen LogP contribution in [0.4, 0.5) is 8.78 Å². The van der Waals surface area contributed by atoms with Gasteiger partial charge in [0.1, 0.15) is 6.61 Å². The van der Waals surface area contributed by atoms with Crippen LogP contribution in [0.25, 0.3) is 0 Å². The molecule has 92 valence electrons. The Balaban J connectivity index is 2.13. The van der Waals surface area contributed by atoms with Crippen molar-refractivity contribution in [3.05, 3.63) is 20.8 Å². The molecule has 1 aromatic rings. The molecule has 0 fully saturated rings. The molecule has 0 aliphatic heterocycles. The Bertz CT molecular complexity index is 309. The van der Waals surface area contributed by atoms with E-state index in [9.17, 15) is 8.78 Å². The van der Waals surface area contributed by atoms with Crippen LogP contribution in [0.2, 0.25) is 0 Å². The van der Waals surface area contributed by atoms with E-state index in [1.165, 1.54) is 4.88 Å². The number of halogens is 3.